The van der Waals surface area contributed by atoms with Gasteiger partial charge in [-0.05, 0) is 0 Å². The molecule has 0 aliphatic carbocycles. The van der Waals surface area contributed by atoms with Crippen LogP contribution < -0.4 is 5.32 Å². The maximum absolute atomic E-state index is 12.9. The van der Waals surface area contributed by atoms with E-state index in [2.05, 4.69) is 33.0 Å². The molecule has 0 spiro atoms. The Balaban J connectivity index is 3.09. The van der Waals surface area contributed by atoms with Gasteiger partial charge in [0.1, 0.15) is 0 Å². The van der Waals surface area contributed by atoms with Crippen LogP contribution in [0.15, 0.2) is 12.1 Å². The van der Waals surface area contributed by atoms with Gasteiger partial charge in [-0.15, -0.1) is 0 Å². The quantitative estimate of drug-likeness (QED) is 0.652. The van der Waals surface area contributed by atoms with Crippen molar-refractivity contribution in [3.05, 3.63) is 28.3 Å². The topological polar surface area (TPSA) is 29.1 Å². The predicted octanol–water partition coefficient (Wildman–Crippen LogP) is 5.48. The van der Waals surface area contributed by atoms with Crippen LogP contribution in [0.2, 0.25) is 5.02 Å². The minimum absolute atomic E-state index is 0.182. The Labute approximate surface area is 141 Å². The van der Waals surface area contributed by atoms with Crippen LogP contribution in [0.5, 0.6) is 0 Å². The molecule has 0 aliphatic rings. The van der Waals surface area contributed by atoms with Crippen molar-refractivity contribution < 1.29 is 4.79 Å². The number of amides is 1. The van der Waals surface area contributed by atoms with Crippen molar-refractivity contribution in [3.8, 4) is 0 Å². The molecule has 0 bridgehead atoms. The Morgan fingerprint density at radius 2 is 1.55 bits per heavy atom. The molecule has 1 aromatic carbocycles. The van der Waals surface area contributed by atoms with Gasteiger partial charge in [-0.3, -0.25) is 0 Å². The summed E-state index contributed by atoms with van der Waals surface area (Å²) in [4.78, 5) is 12.9. The van der Waals surface area contributed by atoms with Gasteiger partial charge in [0.2, 0.25) is 0 Å². The molecule has 1 atom stereocenters. The average Bonchev–Trinajstić information content (AvgIpc) is 2.48. The van der Waals surface area contributed by atoms with E-state index in [0.717, 1.165) is 28.3 Å². The molecule has 2 nitrogen and oxygen atoms in total. The normalized spacial score (nSPS) is 13.8. The summed E-state index contributed by atoms with van der Waals surface area (Å²) < 4.78 is 0. The third kappa shape index (κ3) is 4.03. The van der Waals surface area contributed by atoms with E-state index >= 15 is 0 Å². The van der Waals surface area contributed by atoms with E-state index in [-0.39, 0.29) is 11.6 Å². The zero-order chi connectivity index (χ0) is 16.9. The number of carbonyl (C=O) groups excluding carboxylic acids is 1. The molecule has 1 amide bonds. The van der Waals surface area contributed by atoms with Gasteiger partial charge in [-0.1, -0.05) is 0 Å². The summed E-state index contributed by atoms with van der Waals surface area (Å²) in [6, 6.07) is 3.82. The van der Waals surface area contributed by atoms with Gasteiger partial charge in [0.05, 0.1) is 0 Å². The molecule has 0 saturated carbocycles. The fourth-order valence-corrected chi connectivity index (χ4v) is 8.50. The van der Waals surface area contributed by atoms with Gasteiger partial charge in [0, 0.05) is 0 Å². The van der Waals surface area contributed by atoms with Crippen molar-refractivity contribution in [2.24, 2.45) is 0 Å². The number of anilines is 1. The summed E-state index contributed by atoms with van der Waals surface area (Å²) >= 11 is 6.08. The summed E-state index contributed by atoms with van der Waals surface area (Å²) in [5.74, 6) is 0.202. The maximum atomic E-state index is 12.9. The number of aryl methyl sites for hydroxylation is 2. The van der Waals surface area contributed by atoms with E-state index in [4.69, 9.17) is 11.6 Å². The third-order valence-corrected chi connectivity index (χ3v) is 11.9. The predicted molar refractivity (Wildman–Crippen MR) is 104 cm³/mol. The molecule has 1 N–H and O–H groups in total. The summed E-state index contributed by atoms with van der Waals surface area (Å²) in [7, 11) is -1.55. The first kappa shape index (κ1) is 19.5. The average molecular weight is 344 g/mol. The molecule has 1 unspecified atom stereocenters. The van der Waals surface area contributed by atoms with Crippen LogP contribution in [0.1, 0.15) is 45.2 Å². The number of benzene rings is 1. The number of hydrogen-bond acceptors (Lipinski definition) is 1. The molecule has 1 aromatic rings. The van der Waals surface area contributed by atoms with Crippen molar-refractivity contribution in [1.29, 1.82) is 0 Å². The number of halogens is 1. The van der Waals surface area contributed by atoms with Gasteiger partial charge < -0.3 is 0 Å². The minimum atomic E-state index is -1.55. The van der Waals surface area contributed by atoms with E-state index in [0.29, 0.717) is 0 Å². The molecule has 0 radical (unpaired) electrons. The second-order valence-electron chi connectivity index (χ2n) is 6.29. The number of hydrogen-bond donors (Lipinski definition) is 1. The Morgan fingerprint density at radius 3 is 1.91 bits per heavy atom. The molecular formula is C18H31ClNOP. The van der Waals surface area contributed by atoms with Crippen molar-refractivity contribution in [2.75, 3.05) is 23.8 Å². The number of nitrogens with one attached hydrogen (secondary N) is 1. The van der Waals surface area contributed by atoms with E-state index < -0.39 is 7.26 Å². The van der Waals surface area contributed by atoms with Gasteiger partial charge in [-0.25, -0.2) is 0 Å². The molecule has 4 heteroatoms. The van der Waals surface area contributed by atoms with Gasteiger partial charge >= 0.3 is 141 Å². The Kier molecular flexibility index (Phi) is 7.35. The zero-order valence-corrected chi connectivity index (χ0v) is 16.6. The van der Waals surface area contributed by atoms with E-state index in [9.17, 15) is 4.79 Å². The van der Waals surface area contributed by atoms with Crippen LogP contribution in [0.4, 0.5) is 5.69 Å². The zero-order valence-electron chi connectivity index (χ0n) is 14.8. The summed E-state index contributed by atoms with van der Waals surface area (Å²) in [6.07, 6.45) is 4.44. The van der Waals surface area contributed by atoms with E-state index in [1.807, 2.05) is 26.0 Å². The van der Waals surface area contributed by atoms with Gasteiger partial charge in [0.25, 0.3) is 0 Å². The van der Waals surface area contributed by atoms with Crippen LogP contribution in [0.3, 0.4) is 0 Å². The van der Waals surface area contributed by atoms with Crippen molar-refractivity contribution in [2.45, 2.75) is 53.6 Å². The number of rotatable bonds is 7. The molecule has 1 rings (SSSR count). The molecule has 0 fully saturated rings. The summed E-state index contributed by atoms with van der Waals surface area (Å²) in [5.41, 5.74) is 3.18. The SMILES string of the molecule is CCC(C(=O)Nc1c(C)cc(Cl)cc1C)[PH](CC)(CC)CC. The molecule has 22 heavy (non-hydrogen) atoms. The number of carbonyl (C=O) groups is 1. The van der Waals surface area contributed by atoms with Crippen LogP contribution >= 0.6 is 18.9 Å². The first-order valence-electron chi connectivity index (χ1n) is 8.42. The summed E-state index contributed by atoms with van der Waals surface area (Å²) in [6.45, 7) is 12.9. The second kappa shape index (κ2) is 8.31. The third-order valence-electron chi connectivity index (χ3n) is 5.32. The van der Waals surface area contributed by atoms with Crippen molar-refractivity contribution in [1.82, 2.24) is 0 Å². The fraction of sp³-hybridized carbons (Fsp3) is 0.611. The monoisotopic (exact) mass is 343 g/mol. The second-order valence-corrected chi connectivity index (χ2v) is 12.3. The van der Waals surface area contributed by atoms with Crippen LogP contribution in [-0.2, 0) is 4.79 Å². The molecule has 0 heterocycles. The Morgan fingerprint density at radius 1 is 1.09 bits per heavy atom. The van der Waals surface area contributed by atoms with Crippen molar-refractivity contribution >= 4 is 30.5 Å². The van der Waals surface area contributed by atoms with E-state index in [1.165, 1.54) is 18.5 Å². The standard InChI is InChI=1S/C18H31ClNOP/c1-7-16(22(8-2,9-3)10-4)18(21)20-17-13(5)11-15(19)12-14(17)6/h11-12,16,22H,7-10H2,1-6H3,(H,20,21). The fourth-order valence-electron chi connectivity index (χ4n) is 3.70. The molecular weight excluding hydrogens is 313 g/mol. The van der Waals surface area contributed by atoms with Crippen molar-refractivity contribution in [3.63, 3.8) is 0 Å². The first-order chi connectivity index (χ1) is 10.3. The summed E-state index contributed by atoms with van der Waals surface area (Å²) in [5, 5.41) is 3.92. The van der Waals surface area contributed by atoms with Crippen LogP contribution in [-0.4, -0.2) is 30.1 Å². The molecule has 0 aromatic heterocycles. The first-order valence-corrected chi connectivity index (χ1v) is 11.5. The molecule has 126 valence electrons. The van der Waals surface area contributed by atoms with Gasteiger partial charge in [-0.2, -0.15) is 0 Å². The Bertz CT molecular complexity index is 495. The van der Waals surface area contributed by atoms with Crippen LogP contribution in [0, 0.1) is 13.8 Å². The molecule has 0 saturated heterocycles. The van der Waals surface area contributed by atoms with Crippen LogP contribution in [0.25, 0.3) is 0 Å². The molecule has 0 aliphatic heterocycles. The van der Waals surface area contributed by atoms with Gasteiger partial charge in [0.15, 0.2) is 0 Å². The van der Waals surface area contributed by atoms with E-state index in [1.54, 1.807) is 0 Å². The Hall–Kier alpha value is -0.590.